The highest BCUT2D eigenvalue weighted by molar-refractivity contribution is 5.70. The first-order valence-corrected chi connectivity index (χ1v) is 6.14. The molecule has 1 aliphatic rings. The van der Waals surface area contributed by atoms with Gasteiger partial charge in [0.05, 0.1) is 24.4 Å². The summed E-state index contributed by atoms with van der Waals surface area (Å²) in [5.41, 5.74) is -0.890. The third kappa shape index (κ3) is 3.34. The number of ether oxygens (including phenoxy) is 1. The van der Waals surface area contributed by atoms with Crippen molar-refractivity contribution in [1.82, 2.24) is 0 Å². The lowest BCUT2D eigenvalue weighted by Gasteiger charge is -2.34. The van der Waals surface area contributed by atoms with E-state index in [1.165, 1.54) is 0 Å². The normalized spacial score (nSPS) is 28.2. The standard InChI is InChI=1S/C13H18O5/c14-12(15)10-3-5-13(16,6-4-10)9-17-8-11-2-1-7-18-11/h1-2,7,10,16H,3-6,8-9H2,(H,14,15). The average Bonchev–Trinajstić information content (AvgIpc) is 2.82. The van der Waals surface area contributed by atoms with Crippen LogP contribution in [-0.4, -0.2) is 28.4 Å². The van der Waals surface area contributed by atoms with Crippen LogP contribution >= 0.6 is 0 Å². The van der Waals surface area contributed by atoms with E-state index in [0.717, 1.165) is 5.76 Å². The van der Waals surface area contributed by atoms with Gasteiger partial charge in [0.2, 0.25) is 0 Å². The van der Waals surface area contributed by atoms with Gasteiger partial charge in [-0.2, -0.15) is 0 Å². The highest BCUT2D eigenvalue weighted by Crippen LogP contribution is 2.32. The number of carbonyl (C=O) groups is 1. The number of aliphatic hydroxyl groups is 1. The Kier molecular flexibility index (Phi) is 4.04. The van der Waals surface area contributed by atoms with Gasteiger partial charge in [0.25, 0.3) is 0 Å². The smallest absolute Gasteiger partial charge is 0.306 e. The summed E-state index contributed by atoms with van der Waals surface area (Å²) >= 11 is 0. The summed E-state index contributed by atoms with van der Waals surface area (Å²) < 4.78 is 10.5. The molecule has 0 saturated heterocycles. The molecule has 0 spiro atoms. The molecule has 18 heavy (non-hydrogen) atoms. The first-order valence-electron chi connectivity index (χ1n) is 6.14. The quantitative estimate of drug-likeness (QED) is 0.837. The first-order chi connectivity index (χ1) is 8.59. The summed E-state index contributed by atoms with van der Waals surface area (Å²) in [5.74, 6) is -0.373. The second-order valence-corrected chi connectivity index (χ2v) is 4.91. The molecule has 1 fully saturated rings. The Morgan fingerprint density at radius 1 is 1.50 bits per heavy atom. The van der Waals surface area contributed by atoms with Crippen LogP contribution in [-0.2, 0) is 16.1 Å². The van der Waals surface area contributed by atoms with Gasteiger partial charge >= 0.3 is 5.97 Å². The largest absolute Gasteiger partial charge is 0.481 e. The molecule has 0 unspecified atom stereocenters. The van der Waals surface area contributed by atoms with Crippen LogP contribution in [0.1, 0.15) is 31.4 Å². The van der Waals surface area contributed by atoms with Gasteiger partial charge in [0.15, 0.2) is 0 Å². The molecule has 0 aromatic carbocycles. The van der Waals surface area contributed by atoms with E-state index in [9.17, 15) is 9.90 Å². The van der Waals surface area contributed by atoms with Crippen LogP contribution in [0, 0.1) is 5.92 Å². The van der Waals surface area contributed by atoms with Crippen molar-refractivity contribution in [1.29, 1.82) is 0 Å². The minimum absolute atomic E-state index is 0.222. The number of carboxylic acid groups (broad SMARTS) is 1. The van der Waals surface area contributed by atoms with E-state index in [1.807, 2.05) is 6.07 Å². The molecule has 0 bridgehead atoms. The lowest BCUT2D eigenvalue weighted by Crippen LogP contribution is -2.40. The number of rotatable bonds is 5. The van der Waals surface area contributed by atoms with Crippen LogP contribution in [0.25, 0.3) is 0 Å². The molecule has 1 aliphatic carbocycles. The molecule has 0 aliphatic heterocycles. The van der Waals surface area contributed by atoms with Crippen LogP contribution in [0.4, 0.5) is 0 Å². The van der Waals surface area contributed by atoms with Gasteiger partial charge in [-0.3, -0.25) is 4.79 Å². The summed E-state index contributed by atoms with van der Waals surface area (Å²) in [6.07, 6.45) is 3.54. The molecule has 0 radical (unpaired) electrons. The molecule has 5 nitrogen and oxygen atoms in total. The van der Waals surface area contributed by atoms with Gasteiger partial charge in [-0.25, -0.2) is 0 Å². The number of furan rings is 1. The number of hydrogen-bond donors (Lipinski definition) is 2. The van der Waals surface area contributed by atoms with E-state index in [4.69, 9.17) is 14.3 Å². The van der Waals surface area contributed by atoms with Gasteiger partial charge in [0, 0.05) is 0 Å². The summed E-state index contributed by atoms with van der Waals surface area (Å²) in [6, 6.07) is 3.59. The molecule has 2 N–H and O–H groups in total. The van der Waals surface area contributed by atoms with Gasteiger partial charge < -0.3 is 19.4 Å². The predicted octanol–water partition coefficient (Wildman–Crippen LogP) is 1.80. The van der Waals surface area contributed by atoms with Crippen molar-refractivity contribution < 1.29 is 24.2 Å². The number of aliphatic carboxylic acids is 1. The summed E-state index contributed by atoms with van der Waals surface area (Å²) in [4.78, 5) is 10.8. The monoisotopic (exact) mass is 254 g/mol. The van der Waals surface area contributed by atoms with Crippen molar-refractivity contribution in [3.63, 3.8) is 0 Å². The molecule has 1 saturated carbocycles. The van der Waals surface area contributed by atoms with Crippen LogP contribution < -0.4 is 0 Å². The van der Waals surface area contributed by atoms with Crippen LogP contribution in [0.3, 0.4) is 0 Å². The maximum atomic E-state index is 10.8. The summed E-state index contributed by atoms with van der Waals surface area (Å²) in [7, 11) is 0. The SMILES string of the molecule is O=C(O)C1CCC(O)(COCc2ccco2)CC1. The fourth-order valence-corrected chi connectivity index (χ4v) is 2.28. The number of hydrogen-bond acceptors (Lipinski definition) is 4. The third-order valence-corrected chi connectivity index (χ3v) is 3.46. The molecule has 1 aromatic rings. The van der Waals surface area contributed by atoms with Crippen molar-refractivity contribution in [3.05, 3.63) is 24.2 Å². The average molecular weight is 254 g/mol. The summed E-state index contributed by atoms with van der Waals surface area (Å²) in [5, 5.41) is 19.1. The fourth-order valence-electron chi connectivity index (χ4n) is 2.28. The Balaban J connectivity index is 1.74. The van der Waals surface area contributed by atoms with E-state index in [1.54, 1.807) is 12.3 Å². The van der Waals surface area contributed by atoms with Crippen molar-refractivity contribution in [2.24, 2.45) is 5.92 Å². The van der Waals surface area contributed by atoms with E-state index in [-0.39, 0.29) is 12.5 Å². The molecule has 100 valence electrons. The molecule has 1 aromatic heterocycles. The third-order valence-electron chi connectivity index (χ3n) is 3.46. The molecule has 5 heteroatoms. The molecule has 1 heterocycles. The Labute approximate surface area is 105 Å². The zero-order chi connectivity index (χ0) is 13.0. The van der Waals surface area contributed by atoms with Gasteiger partial charge in [-0.15, -0.1) is 0 Å². The second kappa shape index (κ2) is 5.54. The highest BCUT2D eigenvalue weighted by atomic mass is 16.5. The first kappa shape index (κ1) is 13.1. The highest BCUT2D eigenvalue weighted by Gasteiger charge is 2.35. The van der Waals surface area contributed by atoms with Crippen molar-refractivity contribution >= 4 is 5.97 Å². The Morgan fingerprint density at radius 2 is 2.22 bits per heavy atom. The van der Waals surface area contributed by atoms with Crippen molar-refractivity contribution in [3.8, 4) is 0 Å². The van der Waals surface area contributed by atoms with E-state index in [2.05, 4.69) is 0 Å². The van der Waals surface area contributed by atoms with Crippen LogP contribution in [0.5, 0.6) is 0 Å². The molecule has 0 atom stereocenters. The molecular weight excluding hydrogens is 236 g/mol. The van der Waals surface area contributed by atoms with Crippen LogP contribution in [0.15, 0.2) is 22.8 Å². The topological polar surface area (TPSA) is 79.9 Å². The fraction of sp³-hybridized carbons (Fsp3) is 0.615. The zero-order valence-corrected chi connectivity index (χ0v) is 10.2. The minimum atomic E-state index is -0.890. The van der Waals surface area contributed by atoms with E-state index in [0.29, 0.717) is 32.3 Å². The van der Waals surface area contributed by atoms with E-state index < -0.39 is 11.6 Å². The maximum Gasteiger partial charge on any atom is 0.306 e. The second-order valence-electron chi connectivity index (χ2n) is 4.91. The Hall–Kier alpha value is -1.33. The van der Waals surface area contributed by atoms with Crippen molar-refractivity contribution in [2.45, 2.75) is 37.9 Å². The Morgan fingerprint density at radius 3 is 2.78 bits per heavy atom. The minimum Gasteiger partial charge on any atom is -0.481 e. The predicted molar refractivity (Wildman–Crippen MR) is 62.9 cm³/mol. The molecule has 0 amide bonds. The zero-order valence-electron chi connectivity index (χ0n) is 10.2. The van der Waals surface area contributed by atoms with Gasteiger partial charge in [-0.05, 0) is 37.8 Å². The van der Waals surface area contributed by atoms with Gasteiger partial charge in [-0.1, -0.05) is 0 Å². The molecular formula is C13H18O5. The maximum absolute atomic E-state index is 10.8. The molecule has 2 rings (SSSR count). The van der Waals surface area contributed by atoms with Crippen molar-refractivity contribution in [2.75, 3.05) is 6.61 Å². The lowest BCUT2D eigenvalue weighted by atomic mass is 9.79. The number of carboxylic acids is 1. The van der Waals surface area contributed by atoms with E-state index >= 15 is 0 Å². The van der Waals surface area contributed by atoms with Gasteiger partial charge in [0.1, 0.15) is 12.4 Å². The summed E-state index contributed by atoms with van der Waals surface area (Å²) in [6.45, 7) is 0.553. The Bertz CT molecular complexity index is 376. The lowest BCUT2D eigenvalue weighted by molar-refractivity contribution is -0.146. The van der Waals surface area contributed by atoms with Crippen LogP contribution in [0.2, 0.25) is 0 Å².